The normalized spacial score (nSPS) is 12.5. The third-order valence-electron chi connectivity index (χ3n) is 2.53. The number of carbonyl (C=O) groups is 2. The molecule has 0 spiro atoms. The Labute approximate surface area is 123 Å². The molecule has 0 fully saturated rings. The number of aliphatic carboxylic acids is 1. The number of alkyl carbamates (subject to hydrolysis) is 1. The van der Waals surface area contributed by atoms with E-state index in [-0.39, 0.29) is 0 Å². The van der Waals surface area contributed by atoms with Crippen LogP contribution in [0.15, 0.2) is 18.6 Å². The Morgan fingerprint density at radius 1 is 1.38 bits per heavy atom. The lowest BCUT2D eigenvalue weighted by atomic mass is 10.1. The van der Waals surface area contributed by atoms with Crippen LogP contribution in [0.3, 0.4) is 0 Å². The van der Waals surface area contributed by atoms with E-state index in [0.717, 1.165) is 5.69 Å². The van der Waals surface area contributed by atoms with Crippen molar-refractivity contribution in [2.24, 2.45) is 0 Å². The number of hydrogen-bond acceptors (Lipinski definition) is 5. The second-order valence-electron chi connectivity index (χ2n) is 5.63. The van der Waals surface area contributed by atoms with Gasteiger partial charge in [0.1, 0.15) is 11.6 Å². The van der Waals surface area contributed by atoms with Gasteiger partial charge in [-0.3, -0.25) is 9.97 Å². The highest BCUT2D eigenvalue weighted by Gasteiger charge is 2.23. The fraction of sp³-hybridized carbons (Fsp3) is 0.571. The van der Waals surface area contributed by atoms with Gasteiger partial charge < -0.3 is 15.2 Å². The SMILES string of the molecule is CC(C)(C)OC(=O)NC(CCCc1cnccn1)C(=O)O. The Morgan fingerprint density at radius 3 is 2.62 bits per heavy atom. The molecule has 0 bridgehead atoms. The number of carboxylic acids is 1. The van der Waals surface area contributed by atoms with Gasteiger partial charge in [-0.15, -0.1) is 0 Å². The summed E-state index contributed by atoms with van der Waals surface area (Å²) in [4.78, 5) is 30.8. The van der Waals surface area contributed by atoms with Crippen molar-refractivity contribution in [3.05, 3.63) is 24.3 Å². The van der Waals surface area contributed by atoms with Crippen LogP contribution in [0.4, 0.5) is 4.79 Å². The largest absolute Gasteiger partial charge is 0.480 e. The molecule has 1 amide bonds. The van der Waals surface area contributed by atoms with E-state index in [0.29, 0.717) is 19.3 Å². The van der Waals surface area contributed by atoms with Crippen LogP contribution in [0.5, 0.6) is 0 Å². The Kier molecular flexibility index (Phi) is 6.08. The van der Waals surface area contributed by atoms with Crippen LogP contribution in [-0.2, 0) is 16.0 Å². The Morgan fingerprint density at radius 2 is 2.10 bits per heavy atom. The molecule has 1 unspecified atom stereocenters. The molecule has 2 N–H and O–H groups in total. The van der Waals surface area contributed by atoms with Crippen molar-refractivity contribution in [1.29, 1.82) is 0 Å². The number of nitrogens with one attached hydrogen (secondary N) is 1. The molecule has 0 aliphatic heterocycles. The number of carboxylic acid groups (broad SMARTS) is 1. The molecule has 7 nitrogen and oxygen atoms in total. The van der Waals surface area contributed by atoms with Crippen molar-refractivity contribution < 1.29 is 19.4 Å². The highest BCUT2D eigenvalue weighted by molar-refractivity contribution is 5.79. The number of nitrogens with zero attached hydrogens (tertiary/aromatic N) is 2. The first-order valence-corrected chi connectivity index (χ1v) is 6.75. The van der Waals surface area contributed by atoms with Crippen LogP contribution in [0, 0.1) is 0 Å². The predicted molar refractivity (Wildman–Crippen MR) is 75.8 cm³/mol. The molecular formula is C14H21N3O4. The number of carbonyl (C=O) groups excluding carboxylic acids is 1. The summed E-state index contributed by atoms with van der Waals surface area (Å²) >= 11 is 0. The van der Waals surface area contributed by atoms with Crippen molar-refractivity contribution in [2.45, 2.75) is 51.7 Å². The quantitative estimate of drug-likeness (QED) is 0.829. The van der Waals surface area contributed by atoms with E-state index < -0.39 is 23.7 Å². The summed E-state index contributed by atoms with van der Waals surface area (Å²) in [6.45, 7) is 5.16. The first-order chi connectivity index (χ1) is 9.78. The molecule has 0 aromatic carbocycles. The van der Waals surface area contributed by atoms with Crippen molar-refractivity contribution >= 4 is 12.1 Å². The maximum absolute atomic E-state index is 11.6. The third kappa shape index (κ3) is 7.24. The summed E-state index contributed by atoms with van der Waals surface area (Å²) in [6, 6.07) is -0.975. The van der Waals surface area contributed by atoms with E-state index in [2.05, 4.69) is 15.3 Å². The standard InChI is InChI=1S/C14H21N3O4/c1-14(2,3)21-13(20)17-11(12(18)19)6-4-5-10-9-15-7-8-16-10/h7-9,11H,4-6H2,1-3H3,(H,17,20)(H,18,19). The van der Waals surface area contributed by atoms with Crippen LogP contribution in [0.1, 0.15) is 39.3 Å². The molecule has 1 aromatic heterocycles. The number of ether oxygens (including phenoxy) is 1. The molecule has 0 saturated carbocycles. The molecule has 0 saturated heterocycles. The highest BCUT2D eigenvalue weighted by atomic mass is 16.6. The average molecular weight is 295 g/mol. The summed E-state index contributed by atoms with van der Waals surface area (Å²) < 4.78 is 5.05. The van der Waals surface area contributed by atoms with Crippen LogP contribution in [-0.4, -0.2) is 38.8 Å². The van der Waals surface area contributed by atoms with Gasteiger partial charge in [0.15, 0.2) is 0 Å². The lowest BCUT2D eigenvalue weighted by Gasteiger charge is -2.21. The third-order valence-corrected chi connectivity index (χ3v) is 2.53. The molecule has 0 aliphatic rings. The minimum atomic E-state index is -1.08. The number of rotatable bonds is 6. The lowest BCUT2D eigenvalue weighted by molar-refractivity contribution is -0.139. The van der Waals surface area contributed by atoms with Crippen molar-refractivity contribution in [1.82, 2.24) is 15.3 Å². The van der Waals surface area contributed by atoms with Gasteiger partial charge in [-0.05, 0) is 40.0 Å². The molecule has 116 valence electrons. The molecular weight excluding hydrogens is 274 g/mol. The number of hydrogen-bond donors (Lipinski definition) is 2. The smallest absolute Gasteiger partial charge is 0.408 e. The molecule has 1 aromatic rings. The van der Waals surface area contributed by atoms with Crippen LogP contribution >= 0.6 is 0 Å². The van der Waals surface area contributed by atoms with Gasteiger partial charge in [0.05, 0.1) is 5.69 Å². The van der Waals surface area contributed by atoms with Gasteiger partial charge in [0.25, 0.3) is 0 Å². The van der Waals surface area contributed by atoms with Gasteiger partial charge >= 0.3 is 12.1 Å². The minimum absolute atomic E-state index is 0.297. The summed E-state index contributed by atoms with van der Waals surface area (Å²) in [6.07, 6.45) is 5.55. The van der Waals surface area contributed by atoms with Gasteiger partial charge in [0.2, 0.25) is 0 Å². The van der Waals surface area contributed by atoms with Gasteiger partial charge in [-0.1, -0.05) is 0 Å². The summed E-state index contributed by atoms with van der Waals surface area (Å²) in [5.41, 5.74) is 0.131. The topological polar surface area (TPSA) is 101 Å². The monoisotopic (exact) mass is 295 g/mol. The molecule has 1 heterocycles. The van der Waals surface area contributed by atoms with Crippen LogP contribution in [0.25, 0.3) is 0 Å². The number of aromatic nitrogens is 2. The fourth-order valence-corrected chi connectivity index (χ4v) is 1.65. The van der Waals surface area contributed by atoms with Crippen LogP contribution in [0.2, 0.25) is 0 Å². The number of amides is 1. The molecule has 21 heavy (non-hydrogen) atoms. The average Bonchev–Trinajstić information content (AvgIpc) is 2.36. The van der Waals surface area contributed by atoms with Gasteiger partial charge in [-0.2, -0.15) is 0 Å². The minimum Gasteiger partial charge on any atom is -0.480 e. The second kappa shape index (κ2) is 7.56. The van der Waals surface area contributed by atoms with Gasteiger partial charge in [0, 0.05) is 18.6 Å². The Bertz CT molecular complexity index is 471. The Hall–Kier alpha value is -2.18. The van der Waals surface area contributed by atoms with Crippen molar-refractivity contribution in [2.75, 3.05) is 0 Å². The Balaban J connectivity index is 2.43. The summed E-state index contributed by atoms with van der Waals surface area (Å²) in [5, 5.41) is 11.5. The van der Waals surface area contributed by atoms with E-state index in [1.807, 2.05) is 0 Å². The number of aryl methyl sites for hydroxylation is 1. The maximum atomic E-state index is 11.6. The van der Waals surface area contributed by atoms with E-state index in [1.54, 1.807) is 39.4 Å². The lowest BCUT2D eigenvalue weighted by Crippen LogP contribution is -2.43. The molecule has 0 aliphatic carbocycles. The zero-order chi connectivity index (χ0) is 15.9. The maximum Gasteiger partial charge on any atom is 0.408 e. The molecule has 0 radical (unpaired) electrons. The van der Waals surface area contributed by atoms with Crippen molar-refractivity contribution in [3.63, 3.8) is 0 Å². The molecule has 1 rings (SSSR count). The van der Waals surface area contributed by atoms with Gasteiger partial charge in [-0.25, -0.2) is 9.59 Å². The van der Waals surface area contributed by atoms with Crippen LogP contribution < -0.4 is 5.32 Å². The zero-order valence-electron chi connectivity index (χ0n) is 12.5. The fourth-order valence-electron chi connectivity index (χ4n) is 1.65. The first kappa shape index (κ1) is 16.9. The van der Waals surface area contributed by atoms with Crippen molar-refractivity contribution in [3.8, 4) is 0 Å². The summed E-state index contributed by atoms with van der Waals surface area (Å²) in [7, 11) is 0. The van der Waals surface area contributed by atoms with E-state index in [4.69, 9.17) is 9.84 Å². The molecule has 7 heteroatoms. The predicted octanol–water partition coefficient (Wildman–Crippen LogP) is 1.78. The second-order valence-corrected chi connectivity index (χ2v) is 5.63. The summed E-state index contributed by atoms with van der Waals surface area (Å²) in [5.74, 6) is -1.08. The van der Waals surface area contributed by atoms with E-state index in [1.165, 1.54) is 0 Å². The van der Waals surface area contributed by atoms with E-state index in [9.17, 15) is 9.59 Å². The first-order valence-electron chi connectivity index (χ1n) is 6.75. The highest BCUT2D eigenvalue weighted by Crippen LogP contribution is 2.08. The zero-order valence-corrected chi connectivity index (χ0v) is 12.5. The molecule has 1 atom stereocenters. The van der Waals surface area contributed by atoms with E-state index >= 15 is 0 Å².